The molecule has 1 fully saturated rings. The van der Waals surface area contributed by atoms with Crippen molar-refractivity contribution >= 4 is 11.7 Å². The molecule has 6 nitrogen and oxygen atoms in total. The molecular formula is C21H25N3O3. The number of likely N-dealkylation sites (tertiary alicyclic amines) is 1. The van der Waals surface area contributed by atoms with E-state index in [1.54, 1.807) is 12.4 Å². The van der Waals surface area contributed by atoms with Crippen LogP contribution < -0.4 is 0 Å². The number of hydrogen-bond acceptors (Lipinski definition) is 4. The molecule has 1 amide bonds. The molecule has 6 heteroatoms. The Kier molecular flexibility index (Phi) is 5.07. The van der Waals surface area contributed by atoms with Crippen molar-refractivity contribution in [1.29, 1.82) is 0 Å². The molecular weight excluding hydrogens is 342 g/mol. The minimum absolute atomic E-state index is 0.00804. The lowest BCUT2D eigenvalue weighted by molar-refractivity contribution is -0.00685. The smallest absolute Gasteiger partial charge is 0.256 e. The first-order chi connectivity index (χ1) is 13.1. The first-order valence-corrected chi connectivity index (χ1v) is 9.68. The molecule has 0 unspecified atom stereocenters. The molecule has 1 atom stereocenters. The number of carbonyl (C=O) groups excluding carboxylic acids is 2. The quantitative estimate of drug-likeness (QED) is 0.901. The van der Waals surface area contributed by atoms with Gasteiger partial charge in [-0.3, -0.25) is 14.6 Å². The number of rotatable bonds is 4. The molecule has 2 aliphatic rings. The highest BCUT2D eigenvalue weighted by Crippen LogP contribution is 2.29. The van der Waals surface area contributed by atoms with Crippen LogP contribution in [0.5, 0.6) is 0 Å². The number of aromatic nitrogens is 2. The van der Waals surface area contributed by atoms with Gasteiger partial charge in [0.05, 0.1) is 23.8 Å². The molecule has 1 saturated heterocycles. The summed E-state index contributed by atoms with van der Waals surface area (Å²) in [5.74, 6) is 0.0419. The number of aromatic amines is 1. The van der Waals surface area contributed by atoms with E-state index in [4.69, 9.17) is 4.74 Å². The number of Topliss-reactive ketones (excluding diaryl/α,β-unsaturated/α-hetero) is 1. The van der Waals surface area contributed by atoms with Crippen molar-refractivity contribution in [1.82, 2.24) is 14.9 Å². The lowest BCUT2D eigenvalue weighted by Crippen LogP contribution is -2.43. The highest BCUT2D eigenvalue weighted by Gasteiger charge is 2.32. The van der Waals surface area contributed by atoms with Gasteiger partial charge in [0.15, 0.2) is 5.78 Å². The molecule has 0 bridgehead atoms. The van der Waals surface area contributed by atoms with Crippen molar-refractivity contribution in [2.75, 3.05) is 13.1 Å². The Hall–Kier alpha value is -2.47. The minimum Gasteiger partial charge on any atom is -0.372 e. The van der Waals surface area contributed by atoms with Gasteiger partial charge in [-0.05, 0) is 44.2 Å². The summed E-state index contributed by atoms with van der Waals surface area (Å²) in [7, 11) is 0. The topological polar surface area (TPSA) is 75.3 Å². The molecule has 1 aliphatic heterocycles. The number of pyridine rings is 1. The number of fused-ring (bicyclic) bond motifs is 1. The summed E-state index contributed by atoms with van der Waals surface area (Å²) in [5.41, 5.74) is 3.96. The normalized spacial score (nSPS) is 19.8. The Balaban J connectivity index is 1.46. The van der Waals surface area contributed by atoms with Gasteiger partial charge in [0.2, 0.25) is 0 Å². The molecule has 4 rings (SSSR count). The standard InChI is InChI=1S/C21H25N3O3/c1-14-19(20-17(23-14)7-2-8-18(20)25)21(26)24-10-4-6-16(12-24)27-13-15-5-3-9-22-11-15/h3,5,9,11,16,23H,2,4,6-8,10,12-13H2,1H3/t16-/m0/s1. The van der Waals surface area contributed by atoms with E-state index in [1.807, 2.05) is 24.0 Å². The Morgan fingerprint density at radius 1 is 1.37 bits per heavy atom. The average molecular weight is 367 g/mol. The van der Waals surface area contributed by atoms with Crippen LogP contribution in [0, 0.1) is 6.92 Å². The van der Waals surface area contributed by atoms with Crippen molar-refractivity contribution in [3.8, 4) is 0 Å². The molecule has 0 radical (unpaired) electrons. The van der Waals surface area contributed by atoms with Gasteiger partial charge in [-0.25, -0.2) is 0 Å². The van der Waals surface area contributed by atoms with Gasteiger partial charge in [0, 0.05) is 43.3 Å². The van der Waals surface area contributed by atoms with Crippen molar-refractivity contribution in [3.05, 3.63) is 52.6 Å². The molecule has 0 spiro atoms. The van der Waals surface area contributed by atoms with Gasteiger partial charge in [-0.1, -0.05) is 6.07 Å². The third-order valence-electron chi connectivity index (χ3n) is 5.46. The third kappa shape index (κ3) is 3.67. The maximum atomic E-state index is 13.2. The fraction of sp³-hybridized carbons (Fsp3) is 0.476. The van der Waals surface area contributed by atoms with Crippen LogP contribution in [0.1, 0.15) is 63.4 Å². The molecule has 142 valence electrons. The number of nitrogens with zero attached hydrogens (tertiary/aromatic N) is 2. The van der Waals surface area contributed by atoms with Gasteiger partial charge < -0.3 is 14.6 Å². The van der Waals surface area contributed by atoms with E-state index in [2.05, 4.69) is 9.97 Å². The molecule has 3 heterocycles. The number of aryl methyl sites for hydroxylation is 2. The van der Waals surface area contributed by atoms with Crippen LogP contribution in [0.3, 0.4) is 0 Å². The summed E-state index contributed by atoms with van der Waals surface area (Å²) in [6.45, 7) is 3.66. The average Bonchev–Trinajstić information content (AvgIpc) is 3.04. The zero-order chi connectivity index (χ0) is 18.8. The summed E-state index contributed by atoms with van der Waals surface area (Å²) in [4.78, 5) is 34.8. The summed E-state index contributed by atoms with van der Waals surface area (Å²) >= 11 is 0. The van der Waals surface area contributed by atoms with Gasteiger partial charge in [0.1, 0.15) is 0 Å². The molecule has 1 aliphatic carbocycles. The van der Waals surface area contributed by atoms with Crippen LogP contribution in [0.15, 0.2) is 24.5 Å². The molecule has 1 N–H and O–H groups in total. The molecule has 27 heavy (non-hydrogen) atoms. The van der Waals surface area contributed by atoms with E-state index in [1.165, 1.54) is 0 Å². The van der Waals surface area contributed by atoms with Crippen LogP contribution in [0.25, 0.3) is 0 Å². The first-order valence-electron chi connectivity index (χ1n) is 9.68. The number of piperidine rings is 1. The van der Waals surface area contributed by atoms with E-state index in [0.29, 0.717) is 37.2 Å². The lowest BCUT2D eigenvalue weighted by atomic mass is 9.92. The Morgan fingerprint density at radius 3 is 3.07 bits per heavy atom. The fourth-order valence-electron chi connectivity index (χ4n) is 4.12. The largest absolute Gasteiger partial charge is 0.372 e. The van der Waals surface area contributed by atoms with Crippen LogP contribution in [0.2, 0.25) is 0 Å². The Bertz CT molecular complexity index is 844. The van der Waals surface area contributed by atoms with Gasteiger partial charge in [0.25, 0.3) is 5.91 Å². The number of hydrogen-bond donors (Lipinski definition) is 1. The molecule has 2 aromatic heterocycles. The number of ketones is 1. The van der Waals surface area contributed by atoms with Crippen molar-refractivity contribution < 1.29 is 14.3 Å². The van der Waals surface area contributed by atoms with E-state index in [-0.39, 0.29) is 17.8 Å². The van der Waals surface area contributed by atoms with Crippen LogP contribution in [-0.4, -0.2) is 45.8 Å². The van der Waals surface area contributed by atoms with Gasteiger partial charge in [-0.2, -0.15) is 0 Å². The highest BCUT2D eigenvalue weighted by atomic mass is 16.5. The van der Waals surface area contributed by atoms with Crippen LogP contribution in [0.4, 0.5) is 0 Å². The number of carbonyl (C=O) groups is 2. The number of amides is 1. The van der Waals surface area contributed by atoms with E-state index >= 15 is 0 Å². The summed E-state index contributed by atoms with van der Waals surface area (Å²) in [6.07, 6.45) is 7.61. The fourth-order valence-corrected chi connectivity index (χ4v) is 4.12. The third-order valence-corrected chi connectivity index (χ3v) is 5.46. The SMILES string of the molecule is Cc1[nH]c2c(c1C(=O)N1CCC[C@H](OCc3cccnc3)C1)C(=O)CCC2. The number of nitrogens with one attached hydrogen (secondary N) is 1. The van der Waals surface area contributed by atoms with E-state index in [0.717, 1.165) is 42.6 Å². The lowest BCUT2D eigenvalue weighted by Gasteiger charge is -2.33. The monoisotopic (exact) mass is 367 g/mol. The Morgan fingerprint density at radius 2 is 2.26 bits per heavy atom. The summed E-state index contributed by atoms with van der Waals surface area (Å²) < 4.78 is 6.02. The second kappa shape index (κ2) is 7.64. The van der Waals surface area contributed by atoms with Crippen LogP contribution in [-0.2, 0) is 17.8 Å². The maximum absolute atomic E-state index is 13.2. The summed E-state index contributed by atoms with van der Waals surface area (Å²) in [6, 6.07) is 3.88. The second-order valence-electron chi connectivity index (χ2n) is 7.44. The molecule has 0 saturated carbocycles. The molecule has 0 aromatic carbocycles. The summed E-state index contributed by atoms with van der Waals surface area (Å²) in [5, 5.41) is 0. The van der Waals surface area contributed by atoms with Crippen molar-refractivity contribution in [3.63, 3.8) is 0 Å². The maximum Gasteiger partial charge on any atom is 0.256 e. The number of H-pyrrole nitrogens is 1. The van der Waals surface area contributed by atoms with Crippen molar-refractivity contribution in [2.45, 2.75) is 51.7 Å². The first kappa shape index (κ1) is 17.9. The van der Waals surface area contributed by atoms with Gasteiger partial charge in [-0.15, -0.1) is 0 Å². The zero-order valence-electron chi connectivity index (χ0n) is 15.7. The minimum atomic E-state index is -0.0464. The van der Waals surface area contributed by atoms with E-state index < -0.39 is 0 Å². The van der Waals surface area contributed by atoms with E-state index in [9.17, 15) is 9.59 Å². The zero-order valence-corrected chi connectivity index (χ0v) is 15.7. The predicted octanol–water partition coefficient (Wildman–Crippen LogP) is 3.06. The predicted molar refractivity (Wildman–Crippen MR) is 101 cm³/mol. The Labute approximate surface area is 158 Å². The number of ether oxygens (including phenoxy) is 1. The molecule has 2 aromatic rings. The second-order valence-corrected chi connectivity index (χ2v) is 7.44. The van der Waals surface area contributed by atoms with Crippen LogP contribution >= 0.6 is 0 Å². The van der Waals surface area contributed by atoms with Crippen molar-refractivity contribution in [2.24, 2.45) is 0 Å². The highest BCUT2D eigenvalue weighted by molar-refractivity contribution is 6.10. The van der Waals surface area contributed by atoms with Gasteiger partial charge >= 0.3 is 0 Å².